The molecule has 0 saturated heterocycles. The molecule has 0 radical (unpaired) electrons. The quantitative estimate of drug-likeness (QED) is 0.586. The van der Waals surface area contributed by atoms with Crippen molar-refractivity contribution in [1.29, 1.82) is 0 Å². The van der Waals surface area contributed by atoms with Crippen molar-refractivity contribution in [2.24, 2.45) is 5.92 Å². The third-order valence-electron chi connectivity index (χ3n) is 4.94. The number of benzene rings is 2. The van der Waals surface area contributed by atoms with E-state index < -0.39 is 0 Å². The van der Waals surface area contributed by atoms with Gasteiger partial charge in [-0.05, 0) is 49.4 Å². The van der Waals surface area contributed by atoms with Crippen LogP contribution in [0.25, 0.3) is 10.9 Å². The van der Waals surface area contributed by atoms with Gasteiger partial charge in [-0.2, -0.15) is 0 Å². The lowest BCUT2D eigenvalue weighted by Crippen LogP contribution is -2.28. The van der Waals surface area contributed by atoms with Gasteiger partial charge in [0.25, 0.3) is 0 Å². The number of hydrogen-bond acceptors (Lipinski definition) is 1. The summed E-state index contributed by atoms with van der Waals surface area (Å²) < 4.78 is 0. The first kappa shape index (κ1) is 17.3. The van der Waals surface area contributed by atoms with Crippen LogP contribution >= 0.6 is 0 Å². The smallest absolute Gasteiger partial charge is 0.0456 e. The molecule has 2 heteroatoms. The summed E-state index contributed by atoms with van der Waals surface area (Å²) in [6.07, 6.45) is 3.13. The number of fused-ring (bicyclic) bond motifs is 1. The maximum Gasteiger partial charge on any atom is 0.0456 e. The average Bonchev–Trinajstić information content (AvgIpc) is 2.99. The molecule has 2 aromatic carbocycles. The van der Waals surface area contributed by atoms with Crippen molar-refractivity contribution in [2.45, 2.75) is 34.1 Å². The van der Waals surface area contributed by atoms with Gasteiger partial charge in [0.15, 0.2) is 0 Å². The minimum atomic E-state index is 0.420. The Labute approximate surface area is 151 Å². The molecule has 1 aromatic heterocycles. The Kier molecular flexibility index (Phi) is 4.98. The first-order valence-corrected chi connectivity index (χ1v) is 9.06. The summed E-state index contributed by atoms with van der Waals surface area (Å²) in [6, 6.07) is 15.2. The maximum absolute atomic E-state index is 4.37. The van der Waals surface area contributed by atoms with Gasteiger partial charge < -0.3 is 9.88 Å². The van der Waals surface area contributed by atoms with Crippen molar-refractivity contribution in [2.75, 3.05) is 11.4 Å². The number of hydrogen-bond donors (Lipinski definition) is 1. The summed E-state index contributed by atoms with van der Waals surface area (Å²) in [5.74, 6) is 0.420. The van der Waals surface area contributed by atoms with E-state index in [2.05, 4.69) is 92.8 Å². The number of para-hydroxylation sites is 1. The SMILES string of the molecule is C=C(C(C)C)N(CCc1c[nH]c2ccccc12)c1ccc(C)cc1C. The molecule has 3 aromatic rings. The van der Waals surface area contributed by atoms with Gasteiger partial charge in [0.05, 0.1) is 0 Å². The van der Waals surface area contributed by atoms with Gasteiger partial charge in [-0.15, -0.1) is 0 Å². The Morgan fingerprint density at radius 2 is 1.88 bits per heavy atom. The van der Waals surface area contributed by atoms with Crippen molar-refractivity contribution in [3.05, 3.63) is 77.6 Å². The highest BCUT2D eigenvalue weighted by molar-refractivity contribution is 5.83. The normalized spacial score (nSPS) is 11.2. The zero-order chi connectivity index (χ0) is 18.0. The van der Waals surface area contributed by atoms with Crippen molar-refractivity contribution in [1.82, 2.24) is 4.98 Å². The van der Waals surface area contributed by atoms with Crippen molar-refractivity contribution < 1.29 is 0 Å². The molecule has 0 aliphatic carbocycles. The van der Waals surface area contributed by atoms with Gasteiger partial charge in [0, 0.05) is 35.0 Å². The van der Waals surface area contributed by atoms with Gasteiger partial charge in [0.2, 0.25) is 0 Å². The van der Waals surface area contributed by atoms with E-state index in [1.54, 1.807) is 0 Å². The van der Waals surface area contributed by atoms with Crippen LogP contribution in [0.15, 0.2) is 60.9 Å². The highest BCUT2D eigenvalue weighted by Gasteiger charge is 2.16. The lowest BCUT2D eigenvalue weighted by atomic mass is 10.0. The summed E-state index contributed by atoms with van der Waals surface area (Å²) in [5, 5.41) is 1.32. The molecule has 0 aliphatic heterocycles. The minimum absolute atomic E-state index is 0.420. The van der Waals surface area contributed by atoms with Crippen LogP contribution in [-0.4, -0.2) is 11.5 Å². The van der Waals surface area contributed by atoms with E-state index in [1.165, 1.54) is 39.0 Å². The molecule has 0 spiro atoms. The fourth-order valence-corrected chi connectivity index (χ4v) is 3.41. The van der Waals surface area contributed by atoms with E-state index >= 15 is 0 Å². The topological polar surface area (TPSA) is 19.0 Å². The zero-order valence-corrected chi connectivity index (χ0v) is 15.8. The van der Waals surface area contributed by atoms with Crippen LogP contribution in [0, 0.1) is 19.8 Å². The average molecular weight is 332 g/mol. The molecule has 0 aliphatic rings. The third kappa shape index (κ3) is 3.63. The summed E-state index contributed by atoms with van der Waals surface area (Å²) in [6.45, 7) is 14.1. The largest absolute Gasteiger partial charge is 0.361 e. The molecule has 0 unspecified atom stereocenters. The maximum atomic E-state index is 4.37. The molecule has 0 saturated carbocycles. The second-order valence-corrected chi connectivity index (χ2v) is 7.20. The molecule has 2 nitrogen and oxygen atoms in total. The number of aryl methyl sites for hydroxylation is 2. The number of allylic oxidation sites excluding steroid dienone is 1. The molecular weight excluding hydrogens is 304 g/mol. The first-order valence-electron chi connectivity index (χ1n) is 9.06. The fourth-order valence-electron chi connectivity index (χ4n) is 3.41. The number of aromatic amines is 1. The molecule has 0 atom stereocenters. The number of nitrogens with zero attached hydrogens (tertiary/aromatic N) is 1. The second-order valence-electron chi connectivity index (χ2n) is 7.20. The number of H-pyrrole nitrogens is 1. The summed E-state index contributed by atoms with van der Waals surface area (Å²) in [5.41, 5.74) is 7.62. The summed E-state index contributed by atoms with van der Waals surface area (Å²) >= 11 is 0. The third-order valence-corrected chi connectivity index (χ3v) is 4.94. The van der Waals surface area contributed by atoms with E-state index in [4.69, 9.17) is 0 Å². The van der Waals surface area contributed by atoms with Crippen molar-refractivity contribution in [3.8, 4) is 0 Å². The van der Waals surface area contributed by atoms with Gasteiger partial charge >= 0.3 is 0 Å². The van der Waals surface area contributed by atoms with Crippen molar-refractivity contribution in [3.63, 3.8) is 0 Å². The van der Waals surface area contributed by atoms with Crippen LogP contribution in [-0.2, 0) is 6.42 Å². The number of aromatic nitrogens is 1. The van der Waals surface area contributed by atoms with Crippen LogP contribution in [0.1, 0.15) is 30.5 Å². The van der Waals surface area contributed by atoms with Crippen LogP contribution in [0.3, 0.4) is 0 Å². The highest BCUT2D eigenvalue weighted by atomic mass is 15.1. The van der Waals surface area contributed by atoms with E-state index in [0.29, 0.717) is 5.92 Å². The zero-order valence-electron chi connectivity index (χ0n) is 15.8. The number of rotatable bonds is 6. The van der Waals surface area contributed by atoms with Gasteiger partial charge in [-0.3, -0.25) is 0 Å². The molecule has 0 fully saturated rings. The Bertz CT molecular complexity index is 886. The monoisotopic (exact) mass is 332 g/mol. The van der Waals surface area contributed by atoms with E-state index in [9.17, 15) is 0 Å². The Morgan fingerprint density at radius 1 is 1.12 bits per heavy atom. The first-order chi connectivity index (χ1) is 12.0. The number of nitrogens with one attached hydrogen (secondary N) is 1. The molecule has 1 N–H and O–H groups in total. The summed E-state index contributed by atoms with van der Waals surface area (Å²) in [7, 11) is 0. The molecule has 25 heavy (non-hydrogen) atoms. The molecule has 0 bridgehead atoms. The Hall–Kier alpha value is -2.48. The fraction of sp³-hybridized carbons (Fsp3) is 0.304. The van der Waals surface area contributed by atoms with E-state index in [1.807, 2.05) is 0 Å². The predicted molar refractivity (Wildman–Crippen MR) is 109 cm³/mol. The van der Waals surface area contributed by atoms with Crippen molar-refractivity contribution >= 4 is 16.6 Å². The van der Waals surface area contributed by atoms with Gasteiger partial charge in [-0.1, -0.05) is 56.3 Å². The van der Waals surface area contributed by atoms with Crippen LogP contribution in [0.2, 0.25) is 0 Å². The minimum Gasteiger partial charge on any atom is -0.361 e. The van der Waals surface area contributed by atoms with Crippen LogP contribution < -0.4 is 4.90 Å². The molecule has 130 valence electrons. The molecule has 3 rings (SSSR count). The number of anilines is 1. The predicted octanol–water partition coefficient (Wildman–Crippen LogP) is 6.00. The van der Waals surface area contributed by atoms with E-state index in [-0.39, 0.29) is 0 Å². The van der Waals surface area contributed by atoms with Crippen LogP contribution in [0.4, 0.5) is 5.69 Å². The Balaban J connectivity index is 1.89. The van der Waals surface area contributed by atoms with Gasteiger partial charge in [-0.25, -0.2) is 0 Å². The van der Waals surface area contributed by atoms with E-state index in [0.717, 1.165) is 13.0 Å². The lowest BCUT2D eigenvalue weighted by Gasteiger charge is -2.30. The lowest BCUT2D eigenvalue weighted by molar-refractivity contribution is 0.704. The summed E-state index contributed by atoms with van der Waals surface area (Å²) in [4.78, 5) is 5.77. The van der Waals surface area contributed by atoms with Crippen LogP contribution in [0.5, 0.6) is 0 Å². The molecular formula is C23H28N2. The molecule has 0 amide bonds. The van der Waals surface area contributed by atoms with Gasteiger partial charge in [0.1, 0.15) is 0 Å². The standard InChI is InChI=1S/C23H28N2/c1-16(2)19(5)25(23-11-10-17(3)14-18(23)4)13-12-20-15-24-22-9-7-6-8-21(20)22/h6-11,14-16,24H,5,12-13H2,1-4H3. The molecule has 1 heterocycles. The Morgan fingerprint density at radius 3 is 2.60 bits per heavy atom. The highest BCUT2D eigenvalue weighted by Crippen LogP contribution is 2.28. The second kappa shape index (κ2) is 7.18.